The summed E-state index contributed by atoms with van der Waals surface area (Å²) >= 11 is 1.40. The molecule has 1 heterocycles. The molecule has 0 N–H and O–H groups in total. The van der Waals surface area contributed by atoms with Crippen molar-refractivity contribution in [2.75, 3.05) is 7.05 Å². The van der Waals surface area contributed by atoms with Gasteiger partial charge in [0.2, 0.25) is 0 Å². The summed E-state index contributed by atoms with van der Waals surface area (Å²) in [7, 11) is 2.00. The zero-order chi connectivity index (χ0) is 4.57. The van der Waals surface area contributed by atoms with Crippen LogP contribution < -0.4 is 0 Å². The zero-order valence-electron chi connectivity index (χ0n) is 3.84. The van der Waals surface area contributed by atoms with Crippen LogP contribution in [0.4, 0.5) is 0 Å². The number of hydrogen-bond acceptors (Lipinski definition) is 3. The molecule has 0 aromatic rings. The van der Waals surface area contributed by atoms with E-state index in [9.17, 15) is 0 Å². The predicted octanol–water partition coefficient (Wildman–Crippen LogP) is 0.858. The third kappa shape index (κ3) is 0.531. The summed E-state index contributed by atoms with van der Waals surface area (Å²) in [6, 6.07) is 0. The van der Waals surface area contributed by atoms with Gasteiger partial charge in [-0.25, -0.2) is 4.31 Å². The molecule has 0 amide bonds. The highest BCUT2D eigenvalue weighted by atomic mass is 32.2. The molecular weight excluding hydrogens is 98.1 g/mol. The van der Waals surface area contributed by atoms with E-state index in [2.05, 4.69) is 0 Å². The van der Waals surface area contributed by atoms with Crippen molar-refractivity contribution in [3.05, 3.63) is 0 Å². The summed E-state index contributed by atoms with van der Waals surface area (Å²) in [6.45, 7) is 2.01. The summed E-state index contributed by atoms with van der Waals surface area (Å²) < 4.78 is 6.93. The molecule has 1 unspecified atom stereocenters. The van der Waals surface area contributed by atoms with E-state index in [0.717, 1.165) is 0 Å². The Hall–Kier alpha value is 0.270. The quantitative estimate of drug-likeness (QED) is 0.335. The monoisotopic (exact) mass is 105 g/mol. The van der Waals surface area contributed by atoms with Crippen molar-refractivity contribution >= 4 is 12.2 Å². The van der Waals surface area contributed by atoms with Crippen molar-refractivity contribution < 1.29 is 4.18 Å². The first-order chi connectivity index (χ1) is 2.80. The maximum atomic E-state index is 4.89. The van der Waals surface area contributed by atoms with E-state index in [1.54, 1.807) is 0 Å². The SMILES string of the molecule is CC1OSN1C. The van der Waals surface area contributed by atoms with Crippen LogP contribution in [0.2, 0.25) is 0 Å². The largest absolute Gasteiger partial charge is 0.281 e. The Labute approximate surface area is 41.8 Å². The summed E-state index contributed by atoms with van der Waals surface area (Å²) in [5.74, 6) is 0. The molecule has 0 spiro atoms. The second kappa shape index (κ2) is 1.40. The van der Waals surface area contributed by atoms with Crippen molar-refractivity contribution in [1.82, 2.24) is 4.31 Å². The lowest BCUT2D eigenvalue weighted by atomic mass is 10.7. The first-order valence-electron chi connectivity index (χ1n) is 1.87. The van der Waals surface area contributed by atoms with Crippen molar-refractivity contribution in [2.45, 2.75) is 13.2 Å². The molecule has 1 saturated heterocycles. The van der Waals surface area contributed by atoms with Gasteiger partial charge in [-0.2, -0.15) is 0 Å². The maximum absolute atomic E-state index is 4.89. The highest BCUT2D eigenvalue weighted by Crippen LogP contribution is 2.26. The van der Waals surface area contributed by atoms with Crippen molar-refractivity contribution in [3.8, 4) is 0 Å². The van der Waals surface area contributed by atoms with Crippen LogP contribution in [0.3, 0.4) is 0 Å². The van der Waals surface area contributed by atoms with Crippen LogP contribution in [-0.4, -0.2) is 17.6 Å². The molecule has 0 radical (unpaired) electrons. The van der Waals surface area contributed by atoms with Crippen LogP contribution in [0.15, 0.2) is 0 Å². The molecule has 2 nitrogen and oxygen atoms in total. The molecule has 3 heteroatoms. The van der Waals surface area contributed by atoms with Crippen LogP contribution in [0.1, 0.15) is 6.92 Å². The molecule has 36 valence electrons. The van der Waals surface area contributed by atoms with Crippen LogP contribution in [0, 0.1) is 0 Å². The molecular formula is C3H7NOS. The van der Waals surface area contributed by atoms with Gasteiger partial charge in [-0.3, -0.25) is 4.18 Å². The molecule has 1 aliphatic heterocycles. The summed E-state index contributed by atoms with van der Waals surface area (Å²) in [5.41, 5.74) is 0. The van der Waals surface area contributed by atoms with E-state index in [1.165, 1.54) is 12.2 Å². The smallest absolute Gasteiger partial charge is 0.134 e. The third-order valence-electron chi connectivity index (χ3n) is 0.812. The van der Waals surface area contributed by atoms with E-state index in [4.69, 9.17) is 4.18 Å². The average Bonchev–Trinajstić information content (AvgIpc) is 1.61. The topological polar surface area (TPSA) is 12.5 Å². The van der Waals surface area contributed by atoms with Crippen LogP contribution in [-0.2, 0) is 4.18 Å². The highest BCUT2D eigenvalue weighted by Gasteiger charge is 2.20. The van der Waals surface area contributed by atoms with E-state index in [-0.39, 0.29) is 0 Å². The number of rotatable bonds is 0. The molecule has 0 saturated carbocycles. The van der Waals surface area contributed by atoms with Crippen molar-refractivity contribution in [1.29, 1.82) is 0 Å². The fraction of sp³-hybridized carbons (Fsp3) is 1.00. The van der Waals surface area contributed by atoms with E-state index in [1.807, 2.05) is 18.3 Å². The summed E-state index contributed by atoms with van der Waals surface area (Å²) in [4.78, 5) is 0. The molecule has 0 aliphatic carbocycles. The normalized spacial score (nSPS) is 36.0. The highest BCUT2D eigenvalue weighted by molar-refractivity contribution is 7.93. The molecule has 0 aromatic carbocycles. The van der Waals surface area contributed by atoms with Gasteiger partial charge in [0.1, 0.15) is 6.23 Å². The van der Waals surface area contributed by atoms with Crippen LogP contribution in [0.25, 0.3) is 0 Å². The number of hydrogen-bond donors (Lipinski definition) is 0. The molecule has 0 bridgehead atoms. The van der Waals surface area contributed by atoms with Crippen LogP contribution >= 0.6 is 12.2 Å². The number of nitrogens with zero attached hydrogens (tertiary/aromatic N) is 1. The minimum atomic E-state index is 0.329. The average molecular weight is 105 g/mol. The maximum Gasteiger partial charge on any atom is 0.134 e. The first-order valence-corrected chi connectivity index (χ1v) is 2.57. The van der Waals surface area contributed by atoms with Gasteiger partial charge in [0.15, 0.2) is 0 Å². The van der Waals surface area contributed by atoms with Gasteiger partial charge in [0.25, 0.3) is 0 Å². The molecule has 0 aromatic heterocycles. The Kier molecular flexibility index (Phi) is 1.04. The molecule has 1 atom stereocenters. The van der Waals surface area contributed by atoms with Crippen molar-refractivity contribution in [2.24, 2.45) is 0 Å². The molecule has 1 aliphatic rings. The summed E-state index contributed by atoms with van der Waals surface area (Å²) in [6.07, 6.45) is 0.329. The first kappa shape index (κ1) is 4.43. The van der Waals surface area contributed by atoms with Gasteiger partial charge in [0, 0.05) is 7.05 Å². The van der Waals surface area contributed by atoms with Gasteiger partial charge < -0.3 is 0 Å². The van der Waals surface area contributed by atoms with Gasteiger partial charge in [-0.05, 0) is 6.92 Å². The minimum absolute atomic E-state index is 0.329. The van der Waals surface area contributed by atoms with Crippen molar-refractivity contribution in [3.63, 3.8) is 0 Å². The lowest BCUT2D eigenvalue weighted by Crippen LogP contribution is -2.33. The third-order valence-corrected chi connectivity index (χ3v) is 1.71. The Balaban J connectivity index is 2.20. The van der Waals surface area contributed by atoms with Gasteiger partial charge in [-0.1, -0.05) is 0 Å². The van der Waals surface area contributed by atoms with Gasteiger partial charge >= 0.3 is 0 Å². The zero-order valence-corrected chi connectivity index (χ0v) is 4.66. The standard InChI is InChI=1S/C3H7NOS/c1-3-4(2)6-5-3/h3H,1-2H3. The van der Waals surface area contributed by atoms with E-state index in [0.29, 0.717) is 6.23 Å². The molecule has 6 heavy (non-hydrogen) atoms. The van der Waals surface area contributed by atoms with Crippen LogP contribution in [0.5, 0.6) is 0 Å². The van der Waals surface area contributed by atoms with Gasteiger partial charge in [-0.15, -0.1) is 0 Å². The second-order valence-corrected chi connectivity index (χ2v) is 2.23. The minimum Gasteiger partial charge on any atom is -0.281 e. The Bertz CT molecular complexity index is 50.8. The fourth-order valence-corrected chi connectivity index (χ4v) is 0.645. The predicted molar refractivity (Wildman–Crippen MR) is 25.9 cm³/mol. The Morgan fingerprint density at radius 3 is 2.33 bits per heavy atom. The van der Waals surface area contributed by atoms with E-state index >= 15 is 0 Å². The summed E-state index contributed by atoms with van der Waals surface area (Å²) in [5, 5.41) is 0. The lowest BCUT2D eigenvalue weighted by molar-refractivity contribution is 0.0842. The molecule has 1 fully saturated rings. The van der Waals surface area contributed by atoms with E-state index < -0.39 is 0 Å². The van der Waals surface area contributed by atoms with Gasteiger partial charge in [0.05, 0.1) is 12.2 Å². The lowest BCUT2D eigenvalue weighted by Gasteiger charge is -2.31. The molecule has 1 rings (SSSR count). The second-order valence-electron chi connectivity index (χ2n) is 1.32. The Morgan fingerprint density at radius 1 is 1.83 bits per heavy atom. The fourth-order valence-electron chi connectivity index (χ4n) is 0.215. The Morgan fingerprint density at radius 2 is 2.33 bits per heavy atom.